The lowest BCUT2D eigenvalue weighted by molar-refractivity contribution is 0.0705. The molecule has 1 aromatic rings. The van der Waals surface area contributed by atoms with Crippen LogP contribution in [-0.2, 0) is 4.74 Å². The summed E-state index contributed by atoms with van der Waals surface area (Å²) in [5.74, 6) is 0.790. The van der Waals surface area contributed by atoms with E-state index in [0.717, 1.165) is 18.0 Å². The van der Waals surface area contributed by atoms with E-state index in [-0.39, 0.29) is 6.04 Å². The third-order valence-electron chi connectivity index (χ3n) is 3.59. The molecule has 0 radical (unpaired) electrons. The molecular weight excluding hydrogens is 268 g/mol. The van der Waals surface area contributed by atoms with Gasteiger partial charge < -0.3 is 19.3 Å². The van der Waals surface area contributed by atoms with Crippen molar-refractivity contribution in [2.24, 2.45) is 4.99 Å². The second-order valence-corrected chi connectivity index (χ2v) is 5.39. The van der Waals surface area contributed by atoms with E-state index in [0.29, 0.717) is 31.1 Å². The minimum Gasteiger partial charge on any atom is -0.489 e. The minimum atomic E-state index is 0.230. The largest absolute Gasteiger partial charge is 0.489 e. The smallest absolute Gasteiger partial charge is 0.144 e. The third kappa shape index (κ3) is 2.65. The number of hydrogen-bond acceptors (Lipinski definition) is 5. The van der Waals surface area contributed by atoms with E-state index in [4.69, 9.17) is 9.47 Å². The zero-order valence-corrected chi connectivity index (χ0v) is 12.2. The molecule has 0 unspecified atom stereocenters. The molecule has 6 nitrogen and oxygen atoms in total. The first-order valence-electron chi connectivity index (χ1n) is 6.95. The van der Waals surface area contributed by atoms with Crippen molar-refractivity contribution in [1.29, 1.82) is 5.26 Å². The van der Waals surface area contributed by atoms with Gasteiger partial charge in [-0.3, -0.25) is 0 Å². The molecule has 0 saturated carbocycles. The number of hydrogen-bond donors (Lipinski definition) is 0. The molecule has 0 spiro atoms. The van der Waals surface area contributed by atoms with Gasteiger partial charge in [-0.2, -0.15) is 5.26 Å². The summed E-state index contributed by atoms with van der Waals surface area (Å²) in [4.78, 5) is 8.44. The molecule has 3 rings (SSSR count). The number of rotatable bonds is 2. The Morgan fingerprint density at radius 3 is 3.05 bits per heavy atom. The van der Waals surface area contributed by atoms with Gasteiger partial charge in [-0.15, -0.1) is 0 Å². The van der Waals surface area contributed by atoms with Gasteiger partial charge in [0.2, 0.25) is 0 Å². The summed E-state index contributed by atoms with van der Waals surface area (Å²) < 4.78 is 11.3. The highest BCUT2D eigenvalue weighted by molar-refractivity contribution is 5.74. The predicted molar refractivity (Wildman–Crippen MR) is 80.4 cm³/mol. The molecule has 6 heteroatoms. The maximum Gasteiger partial charge on any atom is 0.144 e. The average molecular weight is 286 g/mol. The Morgan fingerprint density at radius 2 is 2.29 bits per heavy atom. The fraction of sp³-hybridized carbons (Fsp3) is 0.467. The quantitative estimate of drug-likeness (QED) is 0.607. The number of anilines is 1. The molecule has 2 heterocycles. The lowest BCUT2D eigenvalue weighted by Gasteiger charge is -2.41. The number of fused-ring (bicyclic) bond motifs is 3. The minimum absolute atomic E-state index is 0.230. The molecule has 0 aliphatic carbocycles. The van der Waals surface area contributed by atoms with Gasteiger partial charge in [0.15, 0.2) is 0 Å². The average Bonchev–Trinajstić information content (AvgIpc) is 2.51. The Balaban J connectivity index is 2.00. The molecule has 110 valence electrons. The highest BCUT2D eigenvalue weighted by atomic mass is 16.5. The lowest BCUT2D eigenvalue weighted by Crippen LogP contribution is -2.51. The van der Waals surface area contributed by atoms with Gasteiger partial charge in [-0.05, 0) is 6.07 Å². The molecule has 1 saturated heterocycles. The Kier molecular flexibility index (Phi) is 3.67. The number of ether oxygens (including phenoxy) is 2. The van der Waals surface area contributed by atoms with E-state index in [1.165, 1.54) is 0 Å². The Labute approximate surface area is 124 Å². The van der Waals surface area contributed by atoms with Crippen LogP contribution in [0.15, 0.2) is 17.1 Å². The van der Waals surface area contributed by atoms with Crippen LogP contribution >= 0.6 is 0 Å². The number of benzene rings is 1. The molecule has 2 aliphatic heterocycles. The summed E-state index contributed by atoms with van der Waals surface area (Å²) in [7, 11) is 3.78. The van der Waals surface area contributed by atoms with E-state index in [1.807, 2.05) is 31.1 Å². The van der Waals surface area contributed by atoms with Gasteiger partial charge in [-0.1, -0.05) is 0 Å². The van der Waals surface area contributed by atoms with Crippen molar-refractivity contribution >= 4 is 17.7 Å². The van der Waals surface area contributed by atoms with Crippen LogP contribution < -0.4 is 9.64 Å². The summed E-state index contributed by atoms with van der Waals surface area (Å²) in [6.07, 6.45) is 1.68. The van der Waals surface area contributed by atoms with Gasteiger partial charge in [0.05, 0.1) is 42.5 Å². The van der Waals surface area contributed by atoms with Crippen molar-refractivity contribution in [1.82, 2.24) is 4.90 Å². The van der Waals surface area contributed by atoms with Gasteiger partial charge in [-0.25, -0.2) is 4.99 Å². The van der Waals surface area contributed by atoms with Gasteiger partial charge >= 0.3 is 0 Å². The van der Waals surface area contributed by atoms with Crippen LogP contribution in [0.3, 0.4) is 0 Å². The van der Waals surface area contributed by atoms with Gasteiger partial charge in [0.25, 0.3) is 0 Å². The molecule has 0 amide bonds. The monoisotopic (exact) mass is 286 g/mol. The van der Waals surface area contributed by atoms with Crippen molar-refractivity contribution in [3.8, 4) is 11.8 Å². The zero-order chi connectivity index (χ0) is 14.8. The molecule has 1 fully saturated rings. The van der Waals surface area contributed by atoms with E-state index < -0.39 is 0 Å². The SMILES string of the molecule is CN(C)/C=N/c1cc2c(cc1C#N)N1CCOC[C@H]1CO2. The summed E-state index contributed by atoms with van der Waals surface area (Å²) in [6.45, 7) is 2.81. The van der Waals surface area contributed by atoms with Gasteiger partial charge in [0, 0.05) is 26.7 Å². The maximum atomic E-state index is 9.36. The van der Waals surface area contributed by atoms with E-state index in [1.54, 1.807) is 6.34 Å². The van der Waals surface area contributed by atoms with Crippen molar-refractivity contribution in [2.75, 3.05) is 45.4 Å². The molecule has 21 heavy (non-hydrogen) atoms. The number of nitrogens with zero attached hydrogens (tertiary/aromatic N) is 4. The van der Waals surface area contributed by atoms with E-state index in [9.17, 15) is 5.26 Å². The van der Waals surface area contributed by atoms with E-state index >= 15 is 0 Å². The normalized spacial score (nSPS) is 20.4. The summed E-state index contributed by atoms with van der Waals surface area (Å²) in [5, 5.41) is 9.36. The first kappa shape index (κ1) is 13.7. The standard InChI is InChI=1S/C15H18N4O2/c1-18(2)10-17-13-6-15-14(5-11(13)7-16)19-3-4-20-8-12(19)9-21-15/h5-6,10,12H,3-4,8-9H2,1-2H3/b17-10+/t12-/m0/s1. The van der Waals surface area contributed by atoms with Crippen LogP contribution in [0, 0.1) is 11.3 Å². The summed E-state index contributed by atoms with van der Waals surface area (Å²) in [5.41, 5.74) is 2.16. The second-order valence-electron chi connectivity index (χ2n) is 5.39. The summed E-state index contributed by atoms with van der Waals surface area (Å²) in [6, 6.07) is 6.17. The molecule has 0 N–H and O–H groups in total. The van der Waals surface area contributed by atoms with Crippen LogP contribution in [0.4, 0.5) is 11.4 Å². The molecule has 0 bridgehead atoms. The van der Waals surface area contributed by atoms with Crippen LogP contribution in [0.5, 0.6) is 5.75 Å². The maximum absolute atomic E-state index is 9.36. The van der Waals surface area contributed by atoms with Crippen LogP contribution in [-0.4, -0.2) is 57.7 Å². The Bertz CT molecular complexity index is 606. The molecule has 1 atom stereocenters. The molecule has 1 aromatic carbocycles. The first-order chi connectivity index (χ1) is 10.2. The van der Waals surface area contributed by atoms with E-state index in [2.05, 4.69) is 16.0 Å². The highest BCUT2D eigenvalue weighted by Gasteiger charge is 2.31. The van der Waals surface area contributed by atoms with Crippen molar-refractivity contribution in [3.63, 3.8) is 0 Å². The summed E-state index contributed by atoms with van der Waals surface area (Å²) >= 11 is 0. The zero-order valence-electron chi connectivity index (χ0n) is 12.2. The van der Waals surface area contributed by atoms with Gasteiger partial charge in [0.1, 0.15) is 18.4 Å². The predicted octanol–water partition coefficient (Wildman–Crippen LogP) is 1.38. The van der Waals surface area contributed by atoms with Crippen LogP contribution in [0.1, 0.15) is 5.56 Å². The molecule has 2 aliphatic rings. The van der Waals surface area contributed by atoms with Crippen molar-refractivity contribution in [3.05, 3.63) is 17.7 Å². The lowest BCUT2D eigenvalue weighted by atomic mass is 10.1. The Morgan fingerprint density at radius 1 is 1.43 bits per heavy atom. The highest BCUT2D eigenvalue weighted by Crippen LogP contribution is 2.39. The topological polar surface area (TPSA) is 61.1 Å². The van der Waals surface area contributed by atoms with Crippen LogP contribution in [0.2, 0.25) is 0 Å². The number of aliphatic imine (C=N–C) groups is 1. The molecule has 0 aromatic heterocycles. The van der Waals surface area contributed by atoms with Crippen molar-refractivity contribution < 1.29 is 9.47 Å². The second kappa shape index (κ2) is 5.62. The fourth-order valence-electron chi connectivity index (χ4n) is 2.57. The van der Waals surface area contributed by atoms with Crippen molar-refractivity contribution in [2.45, 2.75) is 6.04 Å². The third-order valence-corrected chi connectivity index (χ3v) is 3.59. The fourth-order valence-corrected chi connectivity index (χ4v) is 2.57. The number of nitriles is 1. The first-order valence-corrected chi connectivity index (χ1v) is 6.95. The Hall–Kier alpha value is -2.26. The molecular formula is C15H18N4O2. The van der Waals surface area contributed by atoms with Crippen LogP contribution in [0.25, 0.3) is 0 Å². The number of morpholine rings is 1.